The van der Waals surface area contributed by atoms with Crippen molar-refractivity contribution >= 4 is 6.29 Å². The van der Waals surface area contributed by atoms with Crippen LogP contribution in [0.15, 0.2) is 42.7 Å². The summed E-state index contributed by atoms with van der Waals surface area (Å²) < 4.78 is 18.1. The van der Waals surface area contributed by atoms with Gasteiger partial charge >= 0.3 is 0 Å². The lowest BCUT2D eigenvalue weighted by Gasteiger charge is -2.06. The topological polar surface area (TPSA) is 39.2 Å². The van der Waals surface area contributed by atoms with E-state index in [4.69, 9.17) is 4.74 Å². The number of pyridine rings is 1. The number of ether oxygens (including phenoxy) is 1. The fourth-order valence-corrected chi connectivity index (χ4v) is 1.20. The summed E-state index contributed by atoms with van der Waals surface area (Å²) in [5.41, 5.74) is 0.354. The number of aromatic nitrogens is 1. The SMILES string of the molecule is O=Cc1cnccc1Oc1ccc(F)cc1. The van der Waals surface area contributed by atoms with Gasteiger partial charge in [-0.25, -0.2) is 4.39 Å². The van der Waals surface area contributed by atoms with Gasteiger partial charge in [0.05, 0.1) is 5.56 Å². The molecule has 16 heavy (non-hydrogen) atoms. The van der Waals surface area contributed by atoms with E-state index in [1.54, 1.807) is 6.07 Å². The van der Waals surface area contributed by atoms with Crippen molar-refractivity contribution in [3.05, 3.63) is 54.1 Å². The number of halogens is 1. The van der Waals surface area contributed by atoms with E-state index in [1.165, 1.54) is 36.7 Å². The third-order valence-corrected chi connectivity index (χ3v) is 1.98. The fourth-order valence-electron chi connectivity index (χ4n) is 1.20. The van der Waals surface area contributed by atoms with Crippen LogP contribution in [0.3, 0.4) is 0 Å². The molecular weight excluding hydrogens is 209 g/mol. The van der Waals surface area contributed by atoms with Crippen molar-refractivity contribution < 1.29 is 13.9 Å². The van der Waals surface area contributed by atoms with E-state index < -0.39 is 0 Å². The van der Waals surface area contributed by atoms with Crippen molar-refractivity contribution in [1.82, 2.24) is 4.98 Å². The van der Waals surface area contributed by atoms with E-state index in [0.717, 1.165) is 0 Å². The Morgan fingerprint density at radius 2 is 1.94 bits per heavy atom. The summed E-state index contributed by atoms with van der Waals surface area (Å²) >= 11 is 0. The molecule has 0 fully saturated rings. The number of carbonyl (C=O) groups is 1. The zero-order valence-corrected chi connectivity index (χ0v) is 8.26. The molecule has 0 amide bonds. The lowest BCUT2D eigenvalue weighted by molar-refractivity contribution is 0.112. The third kappa shape index (κ3) is 2.23. The Hall–Kier alpha value is -2.23. The van der Waals surface area contributed by atoms with Crippen LogP contribution in [-0.4, -0.2) is 11.3 Å². The van der Waals surface area contributed by atoms with Crippen molar-refractivity contribution in [2.24, 2.45) is 0 Å². The normalized spacial score (nSPS) is 9.81. The van der Waals surface area contributed by atoms with E-state index in [2.05, 4.69) is 4.98 Å². The average Bonchev–Trinajstić information content (AvgIpc) is 2.33. The van der Waals surface area contributed by atoms with Crippen molar-refractivity contribution in [1.29, 1.82) is 0 Å². The Balaban J connectivity index is 2.26. The molecule has 0 unspecified atom stereocenters. The van der Waals surface area contributed by atoms with Gasteiger partial charge in [0.1, 0.15) is 17.3 Å². The summed E-state index contributed by atoms with van der Waals surface area (Å²) in [6, 6.07) is 7.13. The summed E-state index contributed by atoms with van der Waals surface area (Å²) in [6.45, 7) is 0. The minimum absolute atomic E-state index is 0.335. The molecule has 80 valence electrons. The zero-order chi connectivity index (χ0) is 11.4. The molecule has 1 heterocycles. The van der Waals surface area contributed by atoms with Gasteiger partial charge in [0.2, 0.25) is 0 Å². The van der Waals surface area contributed by atoms with Crippen LogP contribution < -0.4 is 4.74 Å². The minimum Gasteiger partial charge on any atom is -0.457 e. The second kappa shape index (κ2) is 4.53. The van der Waals surface area contributed by atoms with Crippen molar-refractivity contribution in [3.8, 4) is 11.5 Å². The number of aldehydes is 1. The van der Waals surface area contributed by atoms with Gasteiger partial charge in [-0.3, -0.25) is 9.78 Å². The predicted octanol–water partition coefficient (Wildman–Crippen LogP) is 2.83. The summed E-state index contributed by atoms with van der Waals surface area (Å²) in [4.78, 5) is 14.5. The molecule has 4 heteroatoms. The molecule has 0 spiro atoms. The van der Waals surface area contributed by atoms with Crippen LogP contribution in [-0.2, 0) is 0 Å². The minimum atomic E-state index is -0.335. The van der Waals surface area contributed by atoms with Crippen LogP contribution in [0.5, 0.6) is 11.5 Å². The van der Waals surface area contributed by atoms with E-state index in [9.17, 15) is 9.18 Å². The Morgan fingerprint density at radius 1 is 1.19 bits per heavy atom. The molecule has 0 aliphatic carbocycles. The second-order valence-electron chi connectivity index (χ2n) is 3.09. The number of nitrogens with zero attached hydrogens (tertiary/aromatic N) is 1. The highest BCUT2D eigenvalue weighted by atomic mass is 19.1. The zero-order valence-electron chi connectivity index (χ0n) is 8.26. The van der Waals surface area contributed by atoms with E-state index in [1.807, 2.05) is 0 Å². The molecule has 1 aromatic heterocycles. The van der Waals surface area contributed by atoms with Gasteiger partial charge in [-0.2, -0.15) is 0 Å². The fraction of sp³-hybridized carbons (Fsp3) is 0. The highest BCUT2D eigenvalue weighted by Gasteiger charge is 2.03. The lowest BCUT2D eigenvalue weighted by Crippen LogP contribution is -1.91. The maximum atomic E-state index is 12.6. The first-order valence-electron chi connectivity index (χ1n) is 4.62. The molecule has 2 aromatic rings. The smallest absolute Gasteiger partial charge is 0.155 e. The molecule has 0 saturated heterocycles. The van der Waals surface area contributed by atoms with E-state index >= 15 is 0 Å². The first-order chi connectivity index (χ1) is 7.79. The van der Waals surface area contributed by atoms with E-state index in [-0.39, 0.29) is 5.82 Å². The molecule has 3 nitrogen and oxygen atoms in total. The van der Waals surface area contributed by atoms with Crippen LogP contribution in [0, 0.1) is 5.82 Å². The Kier molecular flexibility index (Phi) is 2.91. The number of carbonyl (C=O) groups excluding carboxylic acids is 1. The highest BCUT2D eigenvalue weighted by molar-refractivity contribution is 5.78. The van der Waals surface area contributed by atoms with Crippen LogP contribution in [0.1, 0.15) is 10.4 Å². The number of hydrogen-bond donors (Lipinski definition) is 0. The Labute approximate surface area is 91.5 Å². The number of benzene rings is 1. The van der Waals surface area contributed by atoms with Crippen LogP contribution >= 0.6 is 0 Å². The van der Waals surface area contributed by atoms with Crippen molar-refractivity contribution in [2.45, 2.75) is 0 Å². The van der Waals surface area contributed by atoms with Crippen molar-refractivity contribution in [2.75, 3.05) is 0 Å². The van der Waals surface area contributed by atoms with Gasteiger partial charge in [-0.05, 0) is 30.3 Å². The van der Waals surface area contributed by atoms with Crippen molar-refractivity contribution in [3.63, 3.8) is 0 Å². The molecule has 0 aliphatic rings. The molecule has 0 saturated carbocycles. The molecule has 0 aliphatic heterocycles. The van der Waals surface area contributed by atoms with Gasteiger partial charge in [-0.15, -0.1) is 0 Å². The molecule has 0 bridgehead atoms. The summed E-state index contributed by atoms with van der Waals surface area (Å²) in [5, 5.41) is 0. The second-order valence-corrected chi connectivity index (χ2v) is 3.09. The highest BCUT2D eigenvalue weighted by Crippen LogP contribution is 2.23. The summed E-state index contributed by atoms with van der Waals surface area (Å²) in [6.07, 6.45) is 3.59. The largest absolute Gasteiger partial charge is 0.457 e. The van der Waals surface area contributed by atoms with Gasteiger partial charge < -0.3 is 4.74 Å². The first-order valence-corrected chi connectivity index (χ1v) is 4.62. The predicted molar refractivity (Wildman–Crippen MR) is 56.1 cm³/mol. The molecule has 0 atom stereocenters. The van der Waals surface area contributed by atoms with Gasteiger partial charge in [0.15, 0.2) is 6.29 Å². The molecule has 0 N–H and O–H groups in total. The quantitative estimate of drug-likeness (QED) is 0.742. The molecular formula is C12H8FNO2. The first kappa shape index (κ1) is 10.3. The Bertz CT molecular complexity index is 497. The lowest BCUT2D eigenvalue weighted by atomic mass is 10.3. The van der Waals surface area contributed by atoms with Gasteiger partial charge in [-0.1, -0.05) is 0 Å². The maximum absolute atomic E-state index is 12.6. The molecule has 2 rings (SSSR count). The molecule has 1 aromatic carbocycles. The van der Waals surface area contributed by atoms with Crippen LogP contribution in [0.25, 0.3) is 0 Å². The van der Waals surface area contributed by atoms with Gasteiger partial charge in [0.25, 0.3) is 0 Å². The van der Waals surface area contributed by atoms with Crippen LogP contribution in [0.2, 0.25) is 0 Å². The van der Waals surface area contributed by atoms with Crippen LogP contribution in [0.4, 0.5) is 4.39 Å². The monoisotopic (exact) mass is 217 g/mol. The Morgan fingerprint density at radius 3 is 2.62 bits per heavy atom. The van der Waals surface area contributed by atoms with E-state index in [0.29, 0.717) is 23.3 Å². The number of rotatable bonds is 3. The third-order valence-electron chi connectivity index (χ3n) is 1.98. The molecule has 0 radical (unpaired) electrons. The van der Waals surface area contributed by atoms with Gasteiger partial charge in [0, 0.05) is 12.4 Å². The summed E-state index contributed by atoms with van der Waals surface area (Å²) in [5.74, 6) is 0.532. The summed E-state index contributed by atoms with van der Waals surface area (Å²) in [7, 11) is 0. The maximum Gasteiger partial charge on any atom is 0.155 e. The number of hydrogen-bond acceptors (Lipinski definition) is 3. The standard InChI is InChI=1S/C12H8FNO2/c13-10-1-3-11(4-2-10)16-12-5-6-14-7-9(12)8-15/h1-8H. The average molecular weight is 217 g/mol.